The molecule has 0 amide bonds. The highest BCUT2D eigenvalue weighted by Gasteiger charge is 2.37. The molecular formula is C12H15BrFNO. The van der Waals surface area contributed by atoms with E-state index >= 15 is 0 Å². The van der Waals surface area contributed by atoms with Crippen molar-refractivity contribution < 1.29 is 9.13 Å². The highest BCUT2D eigenvalue weighted by molar-refractivity contribution is 9.10. The van der Waals surface area contributed by atoms with Gasteiger partial charge in [0, 0.05) is 10.0 Å². The molecule has 0 spiro atoms. The maximum absolute atomic E-state index is 13.6. The van der Waals surface area contributed by atoms with E-state index < -0.39 is 0 Å². The predicted octanol–water partition coefficient (Wildman–Crippen LogP) is 3.02. The lowest BCUT2D eigenvalue weighted by atomic mass is 10.0. The van der Waals surface area contributed by atoms with Gasteiger partial charge in [-0.15, -0.1) is 0 Å². The molecule has 2 rings (SSSR count). The standard InChI is InChI=1S/C12H15BrFNO/c1-16-11-8(2-3-12(15)4-5-12)6-9(13)7-10(11)14/h6-7H,2-5,15H2,1H3. The second-order valence-corrected chi connectivity index (χ2v) is 5.36. The van der Waals surface area contributed by atoms with E-state index in [1.165, 1.54) is 13.2 Å². The van der Waals surface area contributed by atoms with Gasteiger partial charge in [0.25, 0.3) is 0 Å². The van der Waals surface area contributed by atoms with E-state index in [2.05, 4.69) is 15.9 Å². The summed E-state index contributed by atoms with van der Waals surface area (Å²) in [7, 11) is 1.49. The lowest BCUT2D eigenvalue weighted by Gasteiger charge is -2.12. The molecule has 2 nitrogen and oxygen atoms in total. The van der Waals surface area contributed by atoms with Gasteiger partial charge in [0.05, 0.1) is 7.11 Å². The Labute approximate surface area is 103 Å². The summed E-state index contributed by atoms with van der Waals surface area (Å²) in [4.78, 5) is 0. The SMILES string of the molecule is COc1c(F)cc(Br)cc1CCC1(N)CC1. The maximum Gasteiger partial charge on any atom is 0.166 e. The molecule has 0 bridgehead atoms. The van der Waals surface area contributed by atoms with Gasteiger partial charge in [0.15, 0.2) is 11.6 Å². The summed E-state index contributed by atoms with van der Waals surface area (Å²) in [6.07, 6.45) is 3.80. The zero-order valence-electron chi connectivity index (χ0n) is 9.22. The molecule has 0 heterocycles. The first kappa shape index (κ1) is 11.9. The Morgan fingerprint density at radius 3 is 2.75 bits per heavy atom. The van der Waals surface area contributed by atoms with Gasteiger partial charge in [-0.25, -0.2) is 4.39 Å². The molecule has 1 aromatic rings. The monoisotopic (exact) mass is 287 g/mol. The summed E-state index contributed by atoms with van der Waals surface area (Å²) in [5, 5.41) is 0. The molecule has 0 radical (unpaired) electrons. The molecule has 1 saturated carbocycles. The fourth-order valence-electron chi connectivity index (χ4n) is 1.82. The third-order valence-corrected chi connectivity index (χ3v) is 3.53. The Bertz CT molecular complexity index is 404. The number of halogens is 2. The third kappa shape index (κ3) is 2.55. The molecule has 1 aromatic carbocycles. The van der Waals surface area contributed by atoms with Gasteiger partial charge in [-0.2, -0.15) is 0 Å². The molecule has 16 heavy (non-hydrogen) atoms. The van der Waals surface area contributed by atoms with Crippen LogP contribution in [0.3, 0.4) is 0 Å². The lowest BCUT2D eigenvalue weighted by Crippen LogP contribution is -2.22. The van der Waals surface area contributed by atoms with E-state index in [9.17, 15) is 4.39 Å². The Morgan fingerprint density at radius 2 is 2.19 bits per heavy atom. The molecule has 0 aromatic heterocycles. The molecule has 0 saturated heterocycles. The number of methoxy groups -OCH3 is 1. The van der Waals surface area contributed by atoms with Crippen molar-refractivity contribution in [3.8, 4) is 5.75 Å². The number of hydrogen-bond acceptors (Lipinski definition) is 2. The third-order valence-electron chi connectivity index (χ3n) is 3.07. The molecular weight excluding hydrogens is 273 g/mol. The van der Waals surface area contributed by atoms with Gasteiger partial charge < -0.3 is 10.5 Å². The molecule has 1 fully saturated rings. The minimum atomic E-state index is -0.325. The molecule has 0 unspecified atom stereocenters. The largest absolute Gasteiger partial charge is 0.493 e. The van der Waals surface area contributed by atoms with Gasteiger partial charge in [0.2, 0.25) is 0 Å². The van der Waals surface area contributed by atoms with Crippen LogP contribution in [0.1, 0.15) is 24.8 Å². The number of nitrogens with two attached hydrogens (primary N) is 1. The highest BCUT2D eigenvalue weighted by atomic mass is 79.9. The van der Waals surface area contributed by atoms with Crippen LogP contribution in [0.2, 0.25) is 0 Å². The van der Waals surface area contributed by atoms with E-state index in [4.69, 9.17) is 10.5 Å². The molecule has 0 aliphatic heterocycles. The van der Waals surface area contributed by atoms with Crippen molar-refractivity contribution in [2.45, 2.75) is 31.2 Å². The summed E-state index contributed by atoms with van der Waals surface area (Å²) in [5.41, 5.74) is 6.89. The number of rotatable bonds is 4. The second-order valence-electron chi connectivity index (χ2n) is 4.44. The summed E-state index contributed by atoms with van der Waals surface area (Å²) in [5.74, 6) is 0.0150. The van der Waals surface area contributed by atoms with Crippen LogP contribution in [-0.4, -0.2) is 12.6 Å². The van der Waals surface area contributed by atoms with Crippen LogP contribution in [0, 0.1) is 5.82 Å². The molecule has 1 aliphatic rings. The molecule has 88 valence electrons. The minimum absolute atomic E-state index is 0.0101. The van der Waals surface area contributed by atoms with Crippen LogP contribution < -0.4 is 10.5 Å². The number of benzene rings is 1. The van der Waals surface area contributed by atoms with E-state index in [0.717, 1.165) is 35.7 Å². The van der Waals surface area contributed by atoms with Crippen molar-refractivity contribution in [2.24, 2.45) is 5.73 Å². The van der Waals surface area contributed by atoms with E-state index in [1.807, 2.05) is 6.07 Å². The van der Waals surface area contributed by atoms with Crippen molar-refractivity contribution >= 4 is 15.9 Å². The van der Waals surface area contributed by atoms with Gasteiger partial charge in [-0.1, -0.05) is 15.9 Å². The summed E-state index contributed by atoms with van der Waals surface area (Å²) in [6.45, 7) is 0. The van der Waals surface area contributed by atoms with Crippen molar-refractivity contribution in [3.63, 3.8) is 0 Å². The van der Waals surface area contributed by atoms with Crippen molar-refractivity contribution in [3.05, 3.63) is 28.0 Å². The number of aryl methyl sites for hydroxylation is 1. The van der Waals surface area contributed by atoms with Crippen LogP contribution in [0.4, 0.5) is 4.39 Å². The van der Waals surface area contributed by atoms with E-state index in [0.29, 0.717) is 5.75 Å². The Morgan fingerprint density at radius 1 is 1.50 bits per heavy atom. The fourth-order valence-corrected chi connectivity index (χ4v) is 2.30. The Balaban J connectivity index is 2.17. The predicted molar refractivity (Wildman–Crippen MR) is 65.1 cm³/mol. The first-order valence-corrected chi connectivity index (χ1v) is 6.14. The number of ether oxygens (including phenoxy) is 1. The zero-order valence-corrected chi connectivity index (χ0v) is 10.8. The Hall–Kier alpha value is -0.610. The highest BCUT2D eigenvalue weighted by Crippen LogP contribution is 2.38. The zero-order chi connectivity index (χ0) is 11.8. The van der Waals surface area contributed by atoms with Gasteiger partial charge in [0.1, 0.15) is 0 Å². The Kier molecular flexibility index (Phi) is 3.22. The maximum atomic E-state index is 13.6. The molecule has 0 atom stereocenters. The lowest BCUT2D eigenvalue weighted by molar-refractivity contribution is 0.380. The van der Waals surface area contributed by atoms with Gasteiger partial charge >= 0.3 is 0 Å². The van der Waals surface area contributed by atoms with Crippen LogP contribution in [0.5, 0.6) is 5.75 Å². The van der Waals surface area contributed by atoms with E-state index in [1.54, 1.807) is 0 Å². The van der Waals surface area contributed by atoms with Crippen molar-refractivity contribution in [2.75, 3.05) is 7.11 Å². The molecule has 4 heteroatoms. The summed E-state index contributed by atoms with van der Waals surface area (Å²) < 4.78 is 19.4. The summed E-state index contributed by atoms with van der Waals surface area (Å²) in [6, 6.07) is 3.31. The van der Waals surface area contributed by atoms with Crippen molar-refractivity contribution in [1.82, 2.24) is 0 Å². The minimum Gasteiger partial charge on any atom is -0.493 e. The first-order chi connectivity index (χ1) is 7.54. The number of hydrogen-bond donors (Lipinski definition) is 1. The molecule has 2 N–H and O–H groups in total. The fraction of sp³-hybridized carbons (Fsp3) is 0.500. The quantitative estimate of drug-likeness (QED) is 0.924. The topological polar surface area (TPSA) is 35.2 Å². The second kappa shape index (κ2) is 4.34. The van der Waals surface area contributed by atoms with Crippen molar-refractivity contribution in [1.29, 1.82) is 0 Å². The van der Waals surface area contributed by atoms with Crippen LogP contribution in [0.15, 0.2) is 16.6 Å². The normalized spacial score (nSPS) is 17.2. The average Bonchev–Trinajstić information content (AvgIpc) is 2.94. The van der Waals surface area contributed by atoms with Crippen LogP contribution in [0.25, 0.3) is 0 Å². The molecule has 1 aliphatic carbocycles. The first-order valence-electron chi connectivity index (χ1n) is 5.35. The van der Waals surface area contributed by atoms with Crippen LogP contribution in [-0.2, 0) is 6.42 Å². The van der Waals surface area contributed by atoms with E-state index in [-0.39, 0.29) is 11.4 Å². The van der Waals surface area contributed by atoms with Crippen LogP contribution >= 0.6 is 15.9 Å². The van der Waals surface area contributed by atoms with Gasteiger partial charge in [-0.3, -0.25) is 0 Å². The smallest absolute Gasteiger partial charge is 0.166 e. The average molecular weight is 288 g/mol. The summed E-state index contributed by atoms with van der Waals surface area (Å²) >= 11 is 3.29. The van der Waals surface area contributed by atoms with Gasteiger partial charge in [-0.05, 0) is 43.4 Å².